The van der Waals surface area contributed by atoms with Gasteiger partial charge in [0.1, 0.15) is 0 Å². The second-order valence-electron chi connectivity index (χ2n) is 2.83. The molecular weight excluding hydrogens is 84.1 g/mol. The lowest BCUT2D eigenvalue weighted by molar-refractivity contribution is 0.317. The van der Waals surface area contributed by atoms with E-state index in [2.05, 4.69) is 6.42 Å². The van der Waals surface area contributed by atoms with Gasteiger partial charge >= 0.3 is 0 Å². The fourth-order valence-electron chi connectivity index (χ4n) is 1.82. The van der Waals surface area contributed by atoms with Crippen molar-refractivity contribution in [2.24, 2.45) is 11.8 Å². The Bertz CT molecular complexity index is 66.1. The highest BCUT2D eigenvalue weighted by Gasteiger charge is 2.34. The van der Waals surface area contributed by atoms with Gasteiger partial charge in [-0.2, -0.15) is 0 Å². The zero-order valence-corrected chi connectivity index (χ0v) is 4.56. The van der Waals surface area contributed by atoms with Crippen LogP contribution in [0.15, 0.2) is 0 Å². The highest BCUT2D eigenvalue weighted by molar-refractivity contribution is 4.98. The maximum Gasteiger partial charge on any atom is -0.0349 e. The summed E-state index contributed by atoms with van der Waals surface area (Å²) in [4.78, 5) is 0. The van der Waals surface area contributed by atoms with Crippen molar-refractivity contribution in [2.75, 3.05) is 0 Å². The normalized spacial score (nSPS) is 48.0. The minimum atomic E-state index is 1.07. The third-order valence-electron chi connectivity index (χ3n) is 2.46. The van der Waals surface area contributed by atoms with Gasteiger partial charge in [0, 0.05) is 0 Å². The lowest BCUT2D eigenvalue weighted by Gasteiger charge is -2.29. The van der Waals surface area contributed by atoms with Gasteiger partial charge in [-0.05, 0) is 31.1 Å². The van der Waals surface area contributed by atoms with E-state index in [0.29, 0.717) is 0 Å². The smallest absolute Gasteiger partial charge is 0.0349 e. The molecule has 2 fully saturated rings. The summed E-state index contributed by atoms with van der Waals surface area (Å²) in [5, 5.41) is 0. The minimum absolute atomic E-state index is 1.07. The van der Waals surface area contributed by atoms with Crippen molar-refractivity contribution in [3.05, 3.63) is 6.42 Å². The molecule has 0 nitrogen and oxygen atoms in total. The van der Waals surface area contributed by atoms with Gasteiger partial charge in [0.25, 0.3) is 0 Å². The topological polar surface area (TPSA) is 0 Å². The molecule has 2 aliphatic rings. The van der Waals surface area contributed by atoms with Crippen LogP contribution in [0.25, 0.3) is 0 Å². The summed E-state index contributed by atoms with van der Waals surface area (Å²) < 4.78 is 0. The Hall–Kier alpha value is 0. The fourth-order valence-corrected chi connectivity index (χ4v) is 1.82. The van der Waals surface area contributed by atoms with E-state index in [1.807, 2.05) is 0 Å². The summed E-state index contributed by atoms with van der Waals surface area (Å²) in [6.45, 7) is 0. The van der Waals surface area contributed by atoms with E-state index in [1.165, 1.54) is 25.7 Å². The summed E-state index contributed by atoms with van der Waals surface area (Å²) >= 11 is 0. The van der Waals surface area contributed by atoms with E-state index in [0.717, 1.165) is 11.8 Å². The summed E-state index contributed by atoms with van der Waals surface area (Å²) in [5.74, 6) is 2.21. The van der Waals surface area contributed by atoms with E-state index in [9.17, 15) is 0 Å². The Kier molecular flexibility index (Phi) is 0.697. The molecule has 7 heavy (non-hydrogen) atoms. The molecule has 2 atom stereocenters. The van der Waals surface area contributed by atoms with Gasteiger partial charge in [-0.1, -0.05) is 12.8 Å². The summed E-state index contributed by atoms with van der Waals surface area (Å²) in [6.07, 6.45) is 8.46. The zero-order chi connectivity index (χ0) is 4.69. The molecule has 0 aromatic carbocycles. The van der Waals surface area contributed by atoms with E-state index < -0.39 is 0 Å². The Morgan fingerprint density at radius 2 is 2.29 bits per heavy atom. The third kappa shape index (κ3) is 0.427. The lowest BCUT2D eigenvalue weighted by atomic mass is 9.77. The van der Waals surface area contributed by atoms with Crippen molar-refractivity contribution in [3.8, 4) is 0 Å². The second-order valence-corrected chi connectivity index (χ2v) is 2.83. The van der Waals surface area contributed by atoms with Crippen LogP contribution in [-0.4, -0.2) is 0 Å². The van der Waals surface area contributed by atoms with Gasteiger partial charge in [-0.25, -0.2) is 0 Å². The monoisotopic (exact) mass is 95.1 g/mol. The molecule has 0 aromatic heterocycles. The molecule has 1 radical (unpaired) electrons. The van der Waals surface area contributed by atoms with Crippen molar-refractivity contribution >= 4 is 0 Å². The van der Waals surface area contributed by atoms with Crippen LogP contribution in [-0.2, 0) is 0 Å². The SMILES string of the molecule is [CH]1CC2CCCC12. The first-order valence-electron chi connectivity index (χ1n) is 3.30. The molecular formula is C7H11. The molecule has 0 heteroatoms. The standard InChI is InChI=1S/C7H11/c1-2-6-4-5-7(6)3-1/h4,6-7H,1-3,5H2. The molecule has 2 rings (SSSR count). The predicted molar refractivity (Wildman–Crippen MR) is 29.7 cm³/mol. The Labute approximate surface area is 44.9 Å². The lowest BCUT2D eigenvalue weighted by Crippen LogP contribution is -2.19. The van der Waals surface area contributed by atoms with Gasteiger partial charge in [0.05, 0.1) is 0 Å². The average Bonchev–Trinajstić information content (AvgIpc) is 1.85. The van der Waals surface area contributed by atoms with Crippen molar-refractivity contribution in [1.82, 2.24) is 0 Å². The molecule has 2 aliphatic carbocycles. The minimum Gasteiger partial charge on any atom is -0.0527 e. The van der Waals surface area contributed by atoms with Crippen LogP contribution >= 0.6 is 0 Å². The molecule has 0 spiro atoms. The molecule has 0 bridgehead atoms. The van der Waals surface area contributed by atoms with Gasteiger partial charge in [0.2, 0.25) is 0 Å². The van der Waals surface area contributed by atoms with Gasteiger partial charge < -0.3 is 0 Å². The van der Waals surface area contributed by atoms with E-state index in [4.69, 9.17) is 0 Å². The highest BCUT2D eigenvalue weighted by Crippen LogP contribution is 2.45. The van der Waals surface area contributed by atoms with Crippen LogP contribution in [0.1, 0.15) is 25.7 Å². The number of hydrogen-bond donors (Lipinski definition) is 0. The van der Waals surface area contributed by atoms with Crippen LogP contribution in [0.3, 0.4) is 0 Å². The Balaban J connectivity index is 2.03. The quantitative estimate of drug-likeness (QED) is 0.431. The van der Waals surface area contributed by atoms with E-state index in [-0.39, 0.29) is 0 Å². The van der Waals surface area contributed by atoms with Crippen molar-refractivity contribution in [2.45, 2.75) is 25.7 Å². The highest BCUT2D eigenvalue weighted by atomic mass is 14.4. The average molecular weight is 95.2 g/mol. The van der Waals surface area contributed by atoms with Gasteiger partial charge in [-0.15, -0.1) is 0 Å². The molecule has 0 aromatic rings. The number of rotatable bonds is 0. The number of hydrogen-bond acceptors (Lipinski definition) is 0. The maximum absolute atomic E-state index is 2.48. The van der Waals surface area contributed by atoms with Crippen LogP contribution < -0.4 is 0 Å². The molecule has 0 amide bonds. The largest absolute Gasteiger partial charge is 0.0527 e. The Morgan fingerprint density at radius 3 is 2.57 bits per heavy atom. The summed E-state index contributed by atoms with van der Waals surface area (Å²) in [5.41, 5.74) is 0. The molecule has 39 valence electrons. The van der Waals surface area contributed by atoms with Gasteiger partial charge in [0.15, 0.2) is 0 Å². The van der Waals surface area contributed by atoms with E-state index in [1.54, 1.807) is 0 Å². The van der Waals surface area contributed by atoms with Crippen molar-refractivity contribution in [1.29, 1.82) is 0 Å². The third-order valence-corrected chi connectivity index (χ3v) is 2.46. The van der Waals surface area contributed by atoms with Crippen LogP contribution in [0.2, 0.25) is 0 Å². The molecule has 2 saturated carbocycles. The van der Waals surface area contributed by atoms with Crippen molar-refractivity contribution < 1.29 is 0 Å². The van der Waals surface area contributed by atoms with Crippen LogP contribution in [0.4, 0.5) is 0 Å². The van der Waals surface area contributed by atoms with Crippen molar-refractivity contribution in [3.63, 3.8) is 0 Å². The first-order valence-corrected chi connectivity index (χ1v) is 3.30. The molecule has 0 heterocycles. The maximum atomic E-state index is 2.48. The molecule has 2 unspecified atom stereocenters. The second kappa shape index (κ2) is 1.24. The summed E-state index contributed by atoms with van der Waals surface area (Å²) in [6, 6.07) is 0. The predicted octanol–water partition coefficient (Wildman–Crippen LogP) is 2.01. The fraction of sp³-hybridized carbons (Fsp3) is 0.857. The first-order chi connectivity index (χ1) is 3.47. The van der Waals surface area contributed by atoms with Crippen LogP contribution in [0, 0.1) is 18.3 Å². The number of fused-ring (bicyclic) bond motifs is 1. The van der Waals surface area contributed by atoms with Crippen LogP contribution in [0.5, 0.6) is 0 Å². The zero-order valence-electron chi connectivity index (χ0n) is 4.56. The first kappa shape index (κ1) is 3.94. The Morgan fingerprint density at radius 1 is 1.29 bits per heavy atom. The molecule has 0 aliphatic heterocycles. The van der Waals surface area contributed by atoms with E-state index >= 15 is 0 Å². The van der Waals surface area contributed by atoms with Gasteiger partial charge in [-0.3, -0.25) is 0 Å². The molecule has 0 N–H and O–H groups in total. The molecule has 0 saturated heterocycles. The summed E-state index contributed by atoms with van der Waals surface area (Å²) in [7, 11) is 0.